The highest BCUT2D eigenvalue weighted by molar-refractivity contribution is 5.92. The van der Waals surface area contributed by atoms with Gasteiger partial charge in [0.1, 0.15) is 17.1 Å². The zero-order valence-corrected chi connectivity index (χ0v) is 15.1. The number of benzene rings is 2. The molecule has 0 unspecified atom stereocenters. The number of fused-ring (bicyclic) bond motifs is 1. The number of nitrogens with one attached hydrogen (secondary N) is 2. The molecule has 0 amide bonds. The third kappa shape index (κ3) is 3.18. The summed E-state index contributed by atoms with van der Waals surface area (Å²) in [7, 11) is 3.32. The number of hydrogen-bond acceptors (Lipinski definition) is 6. The molecule has 0 atom stereocenters. The maximum Gasteiger partial charge on any atom is 0.229 e. The van der Waals surface area contributed by atoms with Gasteiger partial charge in [-0.15, -0.1) is 0 Å². The van der Waals surface area contributed by atoms with Crippen molar-refractivity contribution >= 4 is 34.2 Å². The lowest BCUT2D eigenvalue weighted by Gasteiger charge is -2.16. The minimum Gasteiger partial charge on any atom is -0.497 e. The van der Waals surface area contributed by atoms with E-state index >= 15 is 0 Å². The third-order valence-electron chi connectivity index (χ3n) is 4.24. The Hall–Kier alpha value is -3.75. The molecule has 28 heavy (non-hydrogen) atoms. The molecule has 2 heterocycles. The van der Waals surface area contributed by atoms with Gasteiger partial charge in [0, 0.05) is 30.4 Å². The smallest absolute Gasteiger partial charge is 0.229 e. The van der Waals surface area contributed by atoms with Crippen molar-refractivity contribution in [2.75, 3.05) is 24.4 Å². The Labute approximate surface area is 159 Å². The Morgan fingerprint density at radius 3 is 2.82 bits per heavy atom. The molecular formula is C19H16F2N6O. The number of anilines is 4. The molecule has 0 fully saturated rings. The number of aromatic nitrogens is 4. The Kier molecular flexibility index (Phi) is 4.48. The Morgan fingerprint density at radius 1 is 1.14 bits per heavy atom. The van der Waals surface area contributed by atoms with Crippen molar-refractivity contribution in [3.05, 3.63) is 60.3 Å². The van der Waals surface area contributed by atoms with Crippen molar-refractivity contribution in [1.29, 1.82) is 0 Å². The van der Waals surface area contributed by atoms with E-state index in [9.17, 15) is 8.78 Å². The second-order valence-electron chi connectivity index (χ2n) is 5.99. The average molecular weight is 382 g/mol. The van der Waals surface area contributed by atoms with E-state index in [1.54, 1.807) is 31.3 Å². The summed E-state index contributed by atoms with van der Waals surface area (Å²) in [6.45, 7) is 0. The lowest BCUT2D eigenvalue weighted by molar-refractivity contribution is 0.415. The van der Waals surface area contributed by atoms with Crippen LogP contribution in [0.2, 0.25) is 0 Å². The van der Waals surface area contributed by atoms with E-state index in [2.05, 4.69) is 25.5 Å². The first-order valence-corrected chi connectivity index (χ1v) is 8.37. The molecule has 2 aromatic heterocycles. The van der Waals surface area contributed by atoms with Gasteiger partial charge in [0.05, 0.1) is 7.11 Å². The SMILES string of the molecule is COc1cccc(Nc2nccc(N(C)c3n[nH]c4c(F)c(F)ccc34)n2)c1. The fourth-order valence-corrected chi connectivity index (χ4v) is 2.81. The predicted molar refractivity (Wildman–Crippen MR) is 102 cm³/mol. The molecule has 0 aliphatic rings. The van der Waals surface area contributed by atoms with Gasteiger partial charge in [0.15, 0.2) is 17.5 Å². The second-order valence-corrected chi connectivity index (χ2v) is 5.99. The van der Waals surface area contributed by atoms with Crippen molar-refractivity contribution in [3.8, 4) is 5.75 Å². The van der Waals surface area contributed by atoms with Gasteiger partial charge in [-0.1, -0.05) is 6.07 Å². The lowest BCUT2D eigenvalue weighted by Crippen LogP contribution is -2.13. The minimum absolute atomic E-state index is 0.00522. The standard InChI is InChI=1S/C19H16F2N6O/c1-27(18-13-6-7-14(20)16(21)17(13)25-26-18)15-8-9-22-19(24-15)23-11-4-3-5-12(10-11)28-2/h3-10H,1-2H3,(H,25,26)(H,22,23,24). The third-order valence-corrected chi connectivity index (χ3v) is 4.24. The highest BCUT2D eigenvalue weighted by Crippen LogP contribution is 2.30. The maximum absolute atomic E-state index is 13.9. The lowest BCUT2D eigenvalue weighted by atomic mass is 10.2. The Morgan fingerprint density at radius 2 is 2.00 bits per heavy atom. The summed E-state index contributed by atoms with van der Waals surface area (Å²) < 4.78 is 32.6. The van der Waals surface area contributed by atoms with E-state index in [-0.39, 0.29) is 5.52 Å². The van der Waals surface area contributed by atoms with Crippen LogP contribution in [-0.4, -0.2) is 34.3 Å². The molecule has 9 heteroatoms. The molecule has 7 nitrogen and oxygen atoms in total. The van der Waals surface area contributed by atoms with Gasteiger partial charge in [0.2, 0.25) is 5.95 Å². The average Bonchev–Trinajstić information content (AvgIpc) is 3.15. The second kappa shape index (κ2) is 7.10. The summed E-state index contributed by atoms with van der Waals surface area (Å²) in [4.78, 5) is 10.3. The van der Waals surface area contributed by atoms with Crippen molar-refractivity contribution < 1.29 is 13.5 Å². The number of rotatable bonds is 5. The largest absolute Gasteiger partial charge is 0.497 e. The van der Waals surface area contributed by atoms with E-state index in [0.29, 0.717) is 28.7 Å². The molecular weight excluding hydrogens is 366 g/mol. The van der Waals surface area contributed by atoms with Gasteiger partial charge < -0.3 is 15.0 Å². The first-order valence-electron chi connectivity index (χ1n) is 8.37. The fraction of sp³-hybridized carbons (Fsp3) is 0.105. The van der Waals surface area contributed by atoms with E-state index in [0.717, 1.165) is 11.8 Å². The number of hydrogen-bond donors (Lipinski definition) is 2. The molecule has 2 N–H and O–H groups in total. The minimum atomic E-state index is -0.965. The zero-order chi connectivity index (χ0) is 19.7. The van der Waals surface area contributed by atoms with Crippen LogP contribution in [0.5, 0.6) is 5.75 Å². The summed E-state index contributed by atoms with van der Waals surface area (Å²) in [5.74, 6) is 0.119. The summed E-state index contributed by atoms with van der Waals surface area (Å²) in [6, 6.07) is 11.6. The van der Waals surface area contributed by atoms with Crippen LogP contribution in [0.3, 0.4) is 0 Å². The number of ether oxygens (including phenoxy) is 1. The van der Waals surface area contributed by atoms with Gasteiger partial charge in [0.25, 0.3) is 0 Å². The molecule has 4 aromatic rings. The maximum atomic E-state index is 13.9. The normalized spacial score (nSPS) is 10.9. The molecule has 0 aliphatic heterocycles. The van der Waals surface area contributed by atoms with Crippen molar-refractivity contribution in [3.63, 3.8) is 0 Å². The van der Waals surface area contributed by atoms with Gasteiger partial charge in [-0.05, 0) is 30.3 Å². The number of aromatic amines is 1. The van der Waals surface area contributed by atoms with Crippen molar-refractivity contribution in [2.45, 2.75) is 0 Å². The molecule has 0 saturated carbocycles. The Balaban J connectivity index is 1.65. The van der Waals surface area contributed by atoms with Gasteiger partial charge >= 0.3 is 0 Å². The van der Waals surface area contributed by atoms with Gasteiger partial charge in [-0.3, -0.25) is 5.10 Å². The van der Waals surface area contributed by atoms with Crippen molar-refractivity contribution in [1.82, 2.24) is 20.2 Å². The summed E-state index contributed by atoms with van der Waals surface area (Å²) in [5.41, 5.74) is 0.771. The predicted octanol–water partition coefficient (Wildman–Crippen LogP) is 4.15. The number of H-pyrrole nitrogens is 1. The number of halogens is 2. The Bertz CT molecular complexity index is 1150. The number of methoxy groups -OCH3 is 1. The monoisotopic (exact) mass is 382 g/mol. The fourth-order valence-electron chi connectivity index (χ4n) is 2.81. The van der Waals surface area contributed by atoms with Crippen LogP contribution in [0.25, 0.3) is 10.9 Å². The molecule has 4 rings (SSSR count). The molecule has 0 saturated heterocycles. The van der Waals surface area contributed by atoms with Gasteiger partial charge in [-0.2, -0.15) is 10.1 Å². The van der Waals surface area contributed by atoms with Crippen LogP contribution in [0.4, 0.5) is 32.1 Å². The molecule has 0 radical (unpaired) electrons. The summed E-state index contributed by atoms with van der Waals surface area (Å²) in [6.07, 6.45) is 1.59. The molecule has 2 aromatic carbocycles. The zero-order valence-electron chi connectivity index (χ0n) is 15.1. The van der Waals surface area contributed by atoms with Crippen LogP contribution < -0.4 is 15.0 Å². The van der Waals surface area contributed by atoms with Crippen LogP contribution >= 0.6 is 0 Å². The van der Waals surface area contributed by atoms with Gasteiger partial charge in [-0.25, -0.2) is 13.8 Å². The molecule has 0 spiro atoms. The molecule has 0 aliphatic carbocycles. The summed E-state index contributed by atoms with van der Waals surface area (Å²) in [5, 5.41) is 10.2. The van der Waals surface area contributed by atoms with E-state index < -0.39 is 11.6 Å². The molecule has 142 valence electrons. The van der Waals surface area contributed by atoms with Crippen molar-refractivity contribution in [2.24, 2.45) is 0 Å². The van der Waals surface area contributed by atoms with Crippen LogP contribution in [-0.2, 0) is 0 Å². The van der Waals surface area contributed by atoms with E-state index in [1.807, 2.05) is 24.3 Å². The first kappa shape index (κ1) is 17.7. The quantitative estimate of drug-likeness (QED) is 0.540. The number of nitrogens with zero attached hydrogens (tertiary/aromatic N) is 4. The van der Waals surface area contributed by atoms with E-state index in [1.165, 1.54) is 6.07 Å². The highest BCUT2D eigenvalue weighted by Gasteiger charge is 2.17. The summed E-state index contributed by atoms with van der Waals surface area (Å²) >= 11 is 0. The van der Waals surface area contributed by atoms with Crippen LogP contribution in [0, 0.1) is 11.6 Å². The topological polar surface area (TPSA) is 79.0 Å². The first-order chi connectivity index (χ1) is 13.6. The van der Waals surface area contributed by atoms with E-state index in [4.69, 9.17) is 4.74 Å². The van der Waals surface area contributed by atoms with Crippen LogP contribution in [0.15, 0.2) is 48.7 Å². The van der Waals surface area contributed by atoms with Crippen LogP contribution in [0.1, 0.15) is 0 Å². The highest BCUT2D eigenvalue weighted by atomic mass is 19.2. The molecule has 0 bridgehead atoms.